The first-order chi connectivity index (χ1) is 8.78. The highest BCUT2D eigenvalue weighted by molar-refractivity contribution is 5.79. The number of hydrogen-bond acceptors (Lipinski definition) is 2. The van der Waals surface area contributed by atoms with Crippen LogP contribution in [0.5, 0.6) is 0 Å². The number of anilines is 1. The van der Waals surface area contributed by atoms with Crippen LogP contribution in [0.25, 0.3) is 10.9 Å². The molecule has 90 valence electrons. The first kappa shape index (κ1) is 11.0. The van der Waals surface area contributed by atoms with Crippen molar-refractivity contribution in [2.75, 3.05) is 18.0 Å². The summed E-state index contributed by atoms with van der Waals surface area (Å²) in [7, 11) is 0. The second-order valence-corrected chi connectivity index (χ2v) is 4.93. The van der Waals surface area contributed by atoms with Crippen molar-refractivity contribution in [1.29, 1.82) is 5.26 Å². The molecule has 1 fully saturated rings. The van der Waals surface area contributed by atoms with E-state index >= 15 is 0 Å². The molecule has 1 N–H and O–H groups in total. The third-order valence-corrected chi connectivity index (χ3v) is 3.56. The summed E-state index contributed by atoms with van der Waals surface area (Å²) >= 11 is 0. The fourth-order valence-electron chi connectivity index (χ4n) is 2.61. The summed E-state index contributed by atoms with van der Waals surface area (Å²) in [6.45, 7) is 4.16. The molecule has 3 rings (SSSR count). The highest BCUT2D eigenvalue weighted by Crippen LogP contribution is 2.23. The highest BCUT2D eigenvalue weighted by atomic mass is 15.2. The van der Waals surface area contributed by atoms with Crippen LogP contribution in [0.3, 0.4) is 0 Å². The molecule has 3 nitrogen and oxygen atoms in total. The maximum atomic E-state index is 9.31. The molecule has 0 bridgehead atoms. The van der Waals surface area contributed by atoms with Gasteiger partial charge in [-0.1, -0.05) is 11.6 Å². The zero-order chi connectivity index (χ0) is 12.5. The summed E-state index contributed by atoms with van der Waals surface area (Å²) in [5.74, 6) is 0.978. The van der Waals surface area contributed by atoms with Gasteiger partial charge in [-0.2, -0.15) is 5.26 Å². The molecular formula is C15H16N3+. The van der Waals surface area contributed by atoms with E-state index in [0.29, 0.717) is 0 Å². The number of aromatic amines is 1. The average molecular weight is 238 g/mol. The number of fused-ring (bicyclic) bond motifs is 1. The Kier molecular flexibility index (Phi) is 2.64. The van der Waals surface area contributed by atoms with E-state index in [1.807, 2.05) is 6.07 Å². The number of hydrogen-bond donors (Lipinski definition) is 0. The first-order valence-electron chi connectivity index (χ1n) is 6.40. The van der Waals surface area contributed by atoms with Gasteiger partial charge in [0.25, 0.3) is 5.82 Å². The second kappa shape index (κ2) is 4.30. The Labute approximate surface area is 107 Å². The summed E-state index contributed by atoms with van der Waals surface area (Å²) in [5.41, 5.74) is 3.06. The minimum Gasteiger partial charge on any atom is -0.261 e. The van der Waals surface area contributed by atoms with E-state index in [1.165, 1.54) is 18.4 Å². The third-order valence-electron chi connectivity index (χ3n) is 3.56. The minimum absolute atomic E-state index is 0.745. The van der Waals surface area contributed by atoms with Crippen molar-refractivity contribution in [3.05, 3.63) is 35.4 Å². The summed E-state index contributed by atoms with van der Waals surface area (Å²) in [5, 5.41) is 10.4. The van der Waals surface area contributed by atoms with E-state index in [-0.39, 0.29) is 0 Å². The first-order valence-corrected chi connectivity index (χ1v) is 6.40. The van der Waals surface area contributed by atoms with Gasteiger partial charge in [-0.3, -0.25) is 4.90 Å². The quantitative estimate of drug-likeness (QED) is 0.765. The van der Waals surface area contributed by atoms with Crippen LogP contribution in [0.4, 0.5) is 5.82 Å². The fourth-order valence-corrected chi connectivity index (χ4v) is 2.61. The molecule has 0 radical (unpaired) electrons. The maximum Gasteiger partial charge on any atom is 0.293 e. The van der Waals surface area contributed by atoms with Crippen molar-refractivity contribution in [3.8, 4) is 6.07 Å². The lowest BCUT2D eigenvalue weighted by Crippen LogP contribution is -2.27. The zero-order valence-electron chi connectivity index (χ0n) is 10.5. The van der Waals surface area contributed by atoms with E-state index in [2.05, 4.69) is 41.1 Å². The number of nitriles is 1. The fraction of sp³-hybridized carbons (Fsp3) is 0.333. The molecular weight excluding hydrogens is 222 g/mol. The highest BCUT2D eigenvalue weighted by Gasteiger charge is 2.24. The Morgan fingerprint density at radius 3 is 2.72 bits per heavy atom. The van der Waals surface area contributed by atoms with Gasteiger partial charge in [-0.05, 0) is 38.0 Å². The number of nitrogens with zero attached hydrogens (tertiary/aromatic N) is 2. The van der Waals surface area contributed by atoms with E-state index in [4.69, 9.17) is 0 Å². The van der Waals surface area contributed by atoms with Crippen molar-refractivity contribution in [1.82, 2.24) is 0 Å². The predicted molar refractivity (Wildman–Crippen MR) is 71.4 cm³/mol. The summed E-state index contributed by atoms with van der Waals surface area (Å²) in [6, 6.07) is 10.6. The van der Waals surface area contributed by atoms with Crippen LogP contribution in [0.15, 0.2) is 24.3 Å². The van der Waals surface area contributed by atoms with Crippen LogP contribution in [-0.4, -0.2) is 13.1 Å². The van der Waals surface area contributed by atoms with Crippen LogP contribution in [0.1, 0.15) is 24.0 Å². The van der Waals surface area contributed by atoms with Crippen LogP contribution in [-0.2, 0) is 0 Å². The molecule has 18 heavy (non-hydrogen) atoms. The van der Waals surface area contributed by atoms with E-state index in [0.717, 1.165) is 35.4 Å². The Morgan fingerprint density at radius 1 is 1.22 bits per heavy atom. The largest absolute Gasteiger partial charge is 0.293 e. The average Bonchev–Trinajstić information content (AvgIpc) is 2.90. The summed E-state index contributed by atoms with van der Waals surface area (Å²) in [6.07, 6.45) is 2.43. The van der Waals surface area contributed by atoms with Crippen molar-refractivity contribution < 1.29 is 4.98 Å². The van der Waals surface area contributed by atoms with Gasteiger partial charge in [0, 0.05) is 5.39 Å². The number of benzene rings is 1. The number of aryl methyl sites for hydroxylation is 1. The lowest BCUT2D eigenvalue weighted by Gasteiger charge is -2.10. The number of pyridine rings is 1. The Morgan fingerprint density at radius 2 is 2.00 bits per heavy atom. The normalized spacial score (nSPS) is 15.0. The molecule has 3 heteroatoms. The number of rotatable bonds is 1. The van der Waals surface area contributed by atoms with Gasteiger partial charge in [0.05, 0.1) is 13.1 Å². The molecule has 1 aromatic carbocycles. The van der Waals surface area contributed by atoms with E-state index < -0.39 is 0 Å². The number of H-pyrrole nitrogens is 1. The second-order valence-electron chi connectivity index (χ2n) is 4.93. The lowest BCUT2D eigenvalue weighted by atomic mass is 10.1. The van der Waals surface area contributed by atoms with Gasteiger partial charge in [-0.15, -0.1) is 0 Å². The third kappa shape index (κ3) is 1.80. The molecule has 2 heterocycles. The Bertz CT molecular complexity index is 634. The molecule has 1 aliphatic rings. The smallest absolute Gasteiger partial charge is 0.261 e. The van der Waals surface area contributed by atoms with Crippen LogP contribution < -0.4 is 9.88 Å². The van der Waals surface area contributed by atoms with Crippen molar-refractivity contribution in [3.63, 3.8) is 0 Å². The van der Waals surface area contributed by atoms with Crippen molar-refractivity contribution in [2.24, 2.45) is 0 Å². The molecule has 0 spiro atoms. The van der Waals surface area contributed by atoms with Crippen LogP contribution in [0, 0.1) is 18.3 Å². The van der Waals surface area contributed by atoms with Crippen LogP contribution >= 0.6 is 0 Å². The number of nitrogens with one attached hydrogen (secondary N) is 1. The van der Waals surface area contributed by atoms with Gasteiger partial charge >= 0.3 is 0 Å². The van der Waals surface area contributed by atoms with Crippen molar-refractivity contribution >= 4 is 16.7 Å². The molecule has 0 aliphatic carbocycles. The predicted octanol–water partition coefficient (Wildman–Crippen LogP) is 2.43. The van der Waals surface area contributed by atoms with E-state index in [1.54, 1.807) is 0 Å². The Balaban J connectivity index is 2.18. The molecule has 1 saturated heterocycles. The van der Waals surface area contributed by atoms with Gasteiger partial charge in [0.2, 0.25) is 0 Å². The SMILES string of the molecule is Cc1ccc2[nH+]c(N3CCCC3)c(C#N)cc2c1. The van der Waals surface area contributed by atoms with Crippen LogP contribution in [0.2, 0.25) is 0 Å². The maximum absolute atomic E-state index is 9.31. The molecule has 2 aromatic rings. The summed E-state index contributed by atoms with van der Waals surface area (Å²) in [4.78, 5) is 5.69. The monoisotopic (exact) mass is 238 g/mol. The Hall–Kier alpha value is -2.08. The van der Waals surface area contributed by atoms with E-state index in [9.17, 15) is 5.26 Å². The topological polar surface area (TPSA) is 41.2 Å². The van der Waals surface area contributed by atoms with Gasteiger partial charge in [0.15, 0.2) is 0 Å². The lowest BCUT2D eigenvalue weighted by molar-refractivity contribution is -0.330. The molecule has 0 atom stereocenters. The standard InChI is InChI=1S/C15H15N3/c1-11-4-5-14-12(8-11)9-13(10-16)15(17-14)18-6-2-3-7-18/h4-5,8-9H,2-3,6-7H2,1H3/p+1. The molecule has 0 unspecified atom stereocenters. The molecule has 1 aromatic heterocycles. The summed E-state index contributed by atoms with van der Waals surface area (Å²) < 4.78 is 0. The molecule has 0 amide bonds. The number of aromatic nitrogens is 1. The molecule has 1 aliphatic heterocycles. The minimum atomic E-state index is 0.745. The van der Waals surface area contributed by atoms with Gasteiger partial charge in [0.1, 0.15) is 17.1 Å². The molecule has 0 saturated carbocycles. The van der Waals surface area contributed by atoms with Gasteiger partial charge in [-0.25, -0.2) is 4.98 Å². The van der Waals surface area contributed by atoms with Crippen molar-refractivity contribution in [2.45, 2.75) is 19.8 Å². The zero-order valence-corrected chi connectivity index (χ0v) is 10.5. The van der Waals surface area contributed by atoms with Gasteiger partial charge < -0.3 is 0 Å².